The average molecular weight is 108 g/mol. The summed E-state index contributed by atoms with van der Waals surface area (Å²) in [5.41, 5.74) is 0. The van der Waals surface area contributed by atoms with E-state index < -0.39 is 0 Å². The number of hydrogen-bond donors (Lipinski definition) is 0. The van der Waals surface area contributed by atoms with E-state index in [4.69, 9.17) is 0 Å². The molecule has 1 aliphatic rings. The summed E-state index contributed by atoms with van der Waals surface area (Å²) >= 11 is 0. The van der Waals surface area contributed by atoms with Gasteiger partial charge in [-0.25, -0.2) is 4.99 Å². The highest BCUT2D eigenvalue weighted by Crippen LogP contribution is 1.91. The molecule has 0 aromatic rings. The molecule has 0 unspecified atom stereocenters. The Morgan fingerprint density at radius 2 is 2.38 bits per heavy atom. The highest BCUT2D eigenvalue weighted by Gasteiger charge is 1.88. The van der Waals surface area contributed by atoms with Crippen molar-refractivity contribution in [2.75, 3.05) is 0 Å². The summed E-state index contributed by atoms with van der Waals surface area (Å²) in [6.45, 7) is 2.02. The van der Waals surface area contributed by atoms with E-state index in [0.29, 0.717) is 0 Å². The number of rotatable bonds is 0. The maximum atomic E-state index is 4.01. The van der Waals surface area contributed by atoms with Crippen LogP contribution in [0, 0.1) is 0 Å². The van der Waals surface area contributed by atoms with Crippen molar-refractivity contribution in [3.63, 3.8) is 0 Å². The molecule has 0 bridgehead atoms. The van der Waals surface area contributed by atoms with E-state index >= 15 is 0 Å². The molecule has 0 radical (unpaired) electrons. The largest absolute Gasteiger partial charge is 0.266 e. The summed E-state index contributed by atoms with van der Waals surface area (Å²) < 4.78 is 0. The quantitative estimate of drug-likeness (QED) is 0.443. The van der Waals surface area contributed by atoms with Gasteiger partial charge >= 0.3 is 0 Å². The molecule has 1 heterocycles. The first-order valence-electron chi connectivity index (χ1n) is 2.61. The molecule has 0 saturated heterocycles. The third kappa shape index (κ3) is 1.30. The van der Waals surface area contributed by atoms with Gasteiger partial charge in [0.15, 0.2) is 0 Å². The first-order valence-corrected chi connectivity index (χ1v) is 2.61. The zero-order chi connectivity index (χ0) is 5.82. The number of aliphatic imine (C=N–C) groups is 2. The predicted molar refractivity (Wildman–Crippen MR) is 35.6 cm³/mol. The Morgan fingerprint density at radius 1 is 1.50 bits per heavy atom. The van der Waals surface area contributed by atoms with Crippen LogP contribution in [0.25, 0.3) is 0 Å². The van der Waals surface area contributed by atoms with Crippen molar-refractivity contribution in [3.05, 3.63) is 12.2 Å². The van der Waals surface area contributed by atoms with Crippen molar-refractivity contribution in [2.24, 2.45) is 9.98 Å². The van der Waals surface area contributed by atoms with Gasteiger partial charge in [-0.05, 0) is 13.0 Å². The average Bonchev–Trinajstić information content (AvgIpc) is 1.94. The summed E-state index contributed by atoms with van der Waals surface area (Å²) in [7, 11) is 0. The van der Waals surface area contributed by atoms with Crippen LogP contribution in [0.15, 0.2) is 22.1 Å². The van der Waals surface area contributed by atoms with Crippen LogP contribution in [0.5, 0.6) is 0 Å². The Bertz CT molecular complexity index is 129. The topological polar surface area (TPSA) is 24.7 Å². The van der Waals surface area contributed by atoms with Gasteiger partial charge in [-0.3, -0.25) is 4.99 Å². The summed E-state index contributed by atoms with van der Waals surface area (Å²) in [5, 5.41) is 0. The fourth-order valence-corrected chi connectivity index (χ4v) is 0.492. The van der Waals surface area contributed by atoms with Crippen LogP contribution in [-0.4, -0.2) is 18.6 Å². The van der Waals surface area contributed by atoms with Gasteiger partial charge in [-0.2, -0.15) is 0 Å². The van der Waals surface area contributed by atoms with E-state index in [1.54, 1.807) is 12.6 Å². The van der Waals surface area contributed by atoms with Crippen molar-refractivity contribution in [1.29, 1.82) is 0 Å². The fourth-order valence-electron chi connectivity index (χ4n) is 0.492. The van der Waals surface area contributed by atoms with Crippen LogP contribution in [0.3, 0.4) is 0 Å². The molecule has 0 aromatic heterocycles. The van der Waals surface area contributed by atoms with Crippen molar-refractivity contribution in [1.82, 2.24) is 0 Å². The lowest BCUT2D eigenvalue weighted by molar-refractivity contribution is 0.934. The molecule has 2 nitrogen and oxygen atoms in total. The normalized spacial score (nSPS) is 25.9. The van der Waals surface area contributed by atoms with E-state index in [2.05, 4.69) is 9.98 Å². The van der Waals surface area contributed by atoms with Gasteiger partial charge < -0.3 is 0 Å². The molecule has 1 atom stereocenters. The van der Waals surface area contributed by atoms with Gasteiger partial charge in [0.05, 0.1) is 6.04 Å². The molecular formula is C6H8N2. The maximum absolute atomic E-state index is 4.01. The molecule has 1 aliphatic heterocycles. The van der Waals surface area contributed by atoms with Crippen LogP contribution in [-0.2, 0) is 0 Å². The Balaban J connectivity index is 2.66. The summed E-state index contributed by atoms with van der Waals surface area (Å²) in [4.78, 5) is 7.83. The highest BCUT2D eigenvalue weighted by atomic mass is 14.9. The second-order valence-corrected chi connectivity index (χ2v) is 1.69. The van der Waals surface area contributed by atoms with Crippen LogP contribution in [0.4, 0.5) is 0 Å². The number of nitrogens with zero attached hydrogens (tertiary/aromatic N) is 2. The van der Waals surface area contributed by atoms with Crippen molar-refractivity contribution < 1.29 is 0 Å². The van der Waals surface area contributed by atoms with E-state index in [9.17, 15) is 0 Å². The molecule has 0 N–H and O–H groups in total. The Morgan fingerprint density at radius 3 is 3.25 bits per heavy atom. The minimum Gasteiger partial charge on any atom is -0.266 e. The van der Waals surface area contributed by atoms with Gasteiger partial charge in [-0.15, -0.1) is 0 Å². The summed E-state index contributed by atoms with van der Waals surface area (Å²) in [6.07, 6.45) is 7.20. The van der Waals surface area contributed by atoms with Crippen molar-refractivity contribution in [2.45, 2.75) is 13.0 Å². The molecule has 1 rings (SSSR count). The first kappa shape index (κ1) is 5.22. The smallest absolute Gasteiger partial charge is 0.110 e. The molecule has 8 heavy (non-hydrogen) atoms. The van der Waals surface area contributed by atoms with Crippen LogP contribution in [0.2, 0.25) is 0 Å². The second kappa shape index (κ2) is 2.40. The lowest BCUT2D eigenvalue weighted by atomic mass is 10.3. The molecule has 0 spiro atoms. The molecule has 2 heteroatoms. The van der Waals surface area contributed by atoms with E-state index in [1.807, 2.05) is 19.1 Å². The minimum absolute atomic E-state index is 0.289. The third-order valence-corrected chi connectivity index (χ3v) is 0.930. The van der Waals surface area contributed by atoms with Crippen molar-refractivity contribution in [3.8, 4) is 0 Å². The molecule has 0 amide bonds. The van der Waals surface area contributed by atoms with Crippen LogP contribution in [0.1, 0.15) is 6.92 Å². The van der Waals surface area contributed by atoms with E-state index in [0.717, 1.165) is 0 Å². The number of hydrogen-bond acceptors (Lipinski definition) is 2. The summed E-state index contributed by atoms with van der Waals surface area (Å²) in [6, 6.07) is 0.289. The fraction of sp³-hybridized carbons (Fsp3) is 0.333. The Labute approximate surface area is 48.7 Å². The monoisotopic (exact) mass is 108 g/mol. The second-order valence-electron chi connectivity index (χ2n) is 1.69. The minimum atomic E-state index is 0.289. The molecule has 0 aliphatic carbocycles. The molecular weight excluding hydrogens is 100 g/mol. The maximum Gasteiger partial charge on any atom is 0.110 e. The molecule has 0 saturated carbocycles. The van der Waals surface area contributed by atoms with Crippen LogP contribution >= 0.6 is 0 Å². The van der Waals surface area contributed by atoms with Gasteiger partial charge in [-0.1, -0.05) is 6.08 Å². The van der Waals surface area contributed by atoms with Crippen molar-refractivity contribution >= 4 is 12.6 Å². The molecule has 0 aromatic carbocycles. The molecule has 42 valence electrons. The zero-order valence-electron chi connectivity index (χ0n) is 4.78. The van der Waals surface area contributed by atoms with E-state index in [1.165, 1.54) is 0 Å². The molecule has 0 fully saturated rings. The van der Waals surface area contributed by atoms with Gasteiger partial charge in [0, 0.05) is 6.21 Å². The Kier molecular flexibility index (Phi) is 1.57. The van der Waals surface area contributed by atoms with Gasteiger partial charge in [0.25, 0.3) is 0 Å². The SMILES string of the molecule is C[C@@H]1C=CC=NC=N1. The Hall–Kier alpha value is -0.920. The lowest BCUT2D eigenvalue weighted by Gasteiger charge is -1.90. The van der Waals surface area contributed by atoms with Crippen LogP contribution < -0.4 is 0 Å². The highest BCUT2D eigenvalue weighted by molar-refractivity contribution is 5.81. The van der Waals surface area contributed by atoms with Gasteiger partial charge in [0.1, 0.15) is 6.34 Å². The number of allylic oxidation sites excluding steroid dienone is 1. The van der Waals surface area contributed by atoms with E-state index in [-0.39, 0.29) is 6.04 Å². The summed E-state index contributed by atoms with van der Waals surface area (Å²) in [5.74, 6) is 0. The third-order valence-electron chi connectivity index (χ3n) is 0.930. The first-order chi connectivity index (χ1) is 3.89. The van der Waals surface area contributed by atoms with Gasteiger partial charge in [0.2, 0.25) is 0 Å². The predicted octanol–water partition coefficient (Wildman–Crippen LogP) is 1.04. The zero-order valence-corrected chi connectivity index (χ0v) is 4.78. The standard InChI is InChI=1S/C6H8N2/c1-6-3-2-4-7-5-8-6/h2-6H,1H3/t6-/m1/s1. The lowest BCUT2D eigenvalue weighted by Crippen LogP contribution is -1.88.